The van der Waals surface area contributed by atoms with Gasteiger partial charge in [0.2, 0.25) is 6.17 Å². The molecular weight excluding hydrogens is 272 g/mol. The van der Waals surface area contributed by atoms with Crippen LogP contribution in [0.4, 0.5) is 0 Å². The Bertz CT molecular complexity index is 560. The first-order valence-corrected chi connectivity index (χ1v) is 7.79. The van der Waals surface area contributed by atoms with Crippen molar-refractivity contribution < 1.29 is 14.6 Å². The Balaban J connectivity index is 1.78. The van der Waals surface area contributed by atoms with E-state index in [-0.39, 0.29) is 10.8 Å². The summed E-state index contributed by atoms with van der Waals surface area (Å²) in [6, 6.07) is 8.20. The van der Waals surface area contributed by atoms with E-state index in [1.807, 2.05) is 12.1 Å². The van der Waals surface area contributed by atoms with E-state index < -0.39 is 0 Å². The van der Waals surface area contributed by atoms with E-state index in [2.05, 4.69) is 26.0 Å². The van der Waals surface area contributed by atoms with Gasteiger partial charge < -0.3 is 0 Å². The summed E-state index contributed by atoms with van der Waals surface area (Å²) < 4.78 is 0. The minimum Gasteiger partial charge on any atom is -0.297 e. The highest BCUT2D eigenvalue weighted by atomic mass is 35.5. The molecule has 2 N–H and O–H groups in total. The van der Waals surface area contributed by atoms with E-state index in [9.17, 15) is 4.79 Å². The zero-order valence-corrected chi connectivity index (χ0v) is 12.8. The van der Waals surface area contributed by atoms with Crippen molar-refractivity contribution in [2.75, 3.05) is 26.2 Å². The average molecular weight is 293 g/mol. The van der Waals surface area contributed by atoms with Crippen molar-refractivity contribution in [3.05, 3.63) is 34.9 Å². The van der Waals surface area contributed by atoms with Crippen LogP contribution in [0, 0.1) is 10.8 Å². The van der Waals surface area contributed by atoms with Crippen LogP contribution in [-0.2, 0) is 4.79 Å². The molecule has 5 rings (SSSR count). The molecule has 20 heavy (non-hydrogen) atoms. The van der Waals surface area contributed by atoms with E-state index in [4.69, 9.17) is 11.6 Å². The fourth-order valence-electron chi connectivity index (χ4n) is 5.15. The zero-order valence-electron chi connectivity index (χ0n) is 12.0. The highest BCUT2D eigenvalue weighted by molar-refractivity contribution is 6.31. The van der Waals surface area contributed by atoms with Gasteiger partial charge in [0.15, 0.2) is 5.78 Å². The van der Waals surface area contributed by atoms with Gasteiger partial charge in [0.25, 0.3) is 0 Å². The number of Topliss-reactive ketones (excluding diaryl/α,β-unsaturated/α-hetero) is 1. The molecule has 4 aliphatic heterocycles. The van der Waals surface area contributed by atoms with Crippen LogP contribution in [0.3, 0.4) is 0 Å². The lowest BCUT2D eigenvalue weighted by Crippen LogP contribution is -3.41. The standard InChI is InChI=1S/C16H19ClN2O/c1-15-7-18-9-16(2,14(15)20)10-19(8-15)13(18)11-5-3-4-6-12(11)17/h3-6,13H,7-10H2,1-2H3/p+2. The Kier molecular flexibility index (Phi) is 2.46. The van der Waals surface area contributed by atoms with Gasteiger partial charge in [-0.15, -0.1) is 0 Å². The number of hydrogen-bond donors (Lipinski definition) is 2. The minimum atomic E-state index is -0.131. The Labute approximate surface area is 124 Å². The second-order valence-corrected chi connectivity index (χ2v) is 7.84. The molecule has 4 aliphatic rings. The highest BCUT2D eigenvalue weighted by Gasteiger charge is 2.68. The molecule has 0 saturated carbocycles. The number of rotatable bonds is 1. The Morgan fingerprint density at radius 1 is 1.05 bits per heavy atom. The first-order valence-electron chi connectivity index (χ1n) is 7.41. The predicted octanol–water partition coefficient (Wildman–Crippen LogP) is -0.269. The lowest BCUT2D eigenvalue weighted by Gasteiger charge is -2.58. The van der Waals surface area contributed by atoms with Gasteiger partial charge in [-0.25, -0.2) is 0 Å². The smallest absolute Gasteiger partial charge is 0.241 e. The minimum absolute atomic E-state index is 0.131. The number of nitrogens with one attached hydrogen (secondary N) is 2. The fraction of sp³-hybridized carbons (Fsp3) is 0.562. The molecule has 1 aromatic rings. The van der Waals surface area contributed by atoms with Crippen molar-refractivity contribution in [2.45, 2.75) is 20.0 Å². The van der Waals surface area contributed by atoms with Gasteiger partial charge in [0, 0.05) is 0 Å². The molecule has 0 spiro atoms. The summed E-state index contributed by atoms with van der Waals surface area (Å²) in [5.41, 5.74) is 0.985. The Morgan fingerprint density at radius 3 is 2.05 bits per heavy atom. The molecule has 0 atom stereocenters. The van der Waals surface area contributed by atoms with Gasteiger partial charge in [-0.05, 0) is 26.0 Å². The van der Waals surface area contributed by atoms with Crippen LogP contribution in [-0.4, -0.2) is 32.0 Å². The highest BCUT2D eigenvalue weighted by Crippen LogP contribution is 2.36. The molecule has 106 valence electrons. The molecule has 4 saturated heterocycles. The first kappa shape index (κ1) is 12.8. The molecule has 4 fully saturated rings. The van der Waals surface area contributed by atoms with Crippen LogP contribution in [0.2, 0.25) is 5.02 Å². The molecule has 3 nitrogen and oxygen atoms in total. The third-order valence-electron chi connectivity index (χ3n) is 5.60. The number of carbonyl (C=O) groups is 1. The largest absolute Gasteiger partial charge is 0.297 e. The SMILES string of the molecule is CC12C[NH+]3CC(C)(C[NH+](C1)C3c1ccccc1Cl)C2=O. The van der Waals surface area contributed by atoms with Crippen molar-refractivity contribution in [3.63, 3.8) is 0 Å². The van der Waals surface area contributed by atoms with Gasteiger partial charge in [0.05, 0.1) is 36.8 Å². The molecule has 1 aromatic carbocycles. The van der Waals surface area contributed by atoms with Crippen molar-refractivity contribution >= 4 is 17.4 Å². The normalized spacial score (nSPS) is 46.0. The van der Waals surface area contributed by atoms with Crippen LogP contribution in [0.25, 0.3) is 0 Å². The van der Waals surface area contributed by atoms with Crippen LogP contribution < -0.4 is 9.80 Å². The fourth-order valence-corrected chi connectivity index (χ4v) is 5.40. The monoisotopic (exact) mass is 292 g/mol. The zero-order chi connectivity index (χ0) is 14.1. The van der Waals surface area contributed by atoms with Crippen molar-refractivity contribution in [1.82, 2.24) is 0 Å². The number of quaternary nitrogens is 2. The number of benzene rings is 1. The summed E-state index contributed by atoms with van der Waals surface area (Å²) in [7, 11) is 0. The average Bonchev–Trinajstić information content (AvgIpc) is 2.36. The molecule has 0 radical (unpaired) electrons. The van der Waals surface area contributed by atoms with Gasteiger partial charge in [-0.1, -0.05) is 23.7 Å². The predicted molar refractivity (Wildman–Crippen MR) is 76.8 cm³/mol. The topological polar surface area (TPSA) is 26.0 Å². The first-order chi connectivity index (χ1) is 9.43. The third-order valence-corrected chi connectivity index (χ3v) is 5.94. The molecule has 0 amide bonds. The second-order valence-electron chi connectivity index (χ2n) is 7.43. The molecule has 0 aliphatic carbocycles. The maximum Gasteiger partial charge on any atom is 0.241 e. The molecule has 0 aromatic heterocycles. The maximum absolute atomic E-state index is 12.7. The van der Waals surface area contributed by atoms with Crippen molar-refractivity contribution in [3.8, 4) is 0 Å². The summed E-state index contributed by atoms with van der Waals surface area (Å²) in [6.07, 6.45) is 0.401. The number of hydrogen-bond acceptors (Lipinski definition) is 1. The van der Waals surface area contributed by atoms with E-state index >= 15 is 0 Å². The van der Waals surface area contributed by atoms with Gasteiger partial charge in [-0.3, -0.25) is 14.6 Å². The summed E-state index contributed by atoms with van der Waals surface area (Å²) in [5.74, 6) is 0.495. The Morgan fingerprint density at radius 2 is 1.55 bits per heavy atom. The lowest BCUT2D eigenvalue weighted by atomic mass is 9.62. The molecule has 4 heterocycles. The summed E-state index contributed by atoms with van der Waals surface area (Å²) >= 11 is 6.42. The summed E-state index contributed by atoms with van der Waals surface area (Å²) in [5, 5.41) is 0.867. The van der Waals surface area contributed by atoms with Crippen LogP contribution in [0.5, 0.6) is 0 Å². The summed E-state index contributed by atoms with van der Waals surface area (Å²) in [4.78, 5) is 15.7. The molecule has 4 bridgehead atoms. The van der Waals surface area contributed by atoms with E-state index in [0.29, 0.717) is 11.9 Å². The van der Waals surface area contributed by atoms with Crippen LogP contribution >= 0.6 is 11.6 Å². The number of piperidine rings is 2. The van der Waals surface area contributed by atoms with Gasteiger partial charge in [-0.2, -0.15) is 0 Å². The summed E-state index contributed by atoms with van der Waals surface area (Å²) in [6.45, 7) is 8.16. The van der Waals surface area contributed by atoms with E-state index in [0.717, 1.165) is 31.2 Å². The molecule has 4 heteroatoms. The third kappa shape index (κ3) is 1.51. The van der Waals surface area contributed by atoms with Crippen molar-refractivity contribution in [2.24, 2.45) is 10.8 Å². The van der Waals surface area contributed by atoms with Gasteiger partial charge in [0.1, 0.15) is 10.8 Å². The number of halogens is 1. The van der Waals surface area contributed by atoms with Gasteiger partial charge >= 0.3 is 0 Å². The number of ketones is 1. The number of carbonyl (C=O) groups excluding carboxylic acids is 1. The second kappa shape index (κ2) is 3.85. The van der Waals surface area contributed by atoms with E-state index in [1.54, 1.807) is 0 Å². The molecule has 0 unspecified atom stereocenters. The maximum atomic E-state index is 12.7. The van der Waals surface area contributed by atoms with Crippen molar-refractivity contribution in [1.29, 1.82) is 0 Å². The molecular formula is C16H21ClN2O+2. The van der Waals surface area contributed by atoms with Crippen LogP contribution in [0.15, 0.2) is 24.3 Å². The quantitative estimate of drug-likeness (QED) is 0.732. The van der Waals surface area contributed by atoms with E-state index in [1.165, 1.54) is 15.4 Å². The Hall–Kier alpha value is -0.900. The lowest BCUT2D eigenvalue weighted by molar-refractivity contribution is -1.18. The van der Waals surface area contributed by atoms with Crippen LogP contribution in [0.1, 0.15) is 25.6 Å².